The van der Waals surface area contributed by atoms with Gasteiger partial charge in [-0.3, -0.25) is 4.79 Å². The van der Waals surface area contributed by atoms with Crippen LogP contribution >= 0.6 is 0 Å². The van der Waals surface area contributed by atoms with E-state index in [2.05, 4.69) is 5.32 Å². The second-order valence-electron chi connectivity index (χ2n) is 5.17. The Bertz CT molecular complexity index is 542. The van der Waals surface area contributed by atoms with Gasteiger partial charge in [-0.25, -0.2) is 13.6 Å². The number of rotatable bonds is 5. The summed E-state index contributed by atoms with van der Waals surface area (Å²) in [5.41, 5.74) is 0.328. The smallest absolute Gasteiger partial charge is 0.321 e. The van der Waals surface area contributed by atoms with Gasteiger partial charge in [-0.2, -0.15) is 0 Å². The van der Waals surface area contributed by atoms with Crippen molar-refractivity contribution in [3.05, 3.63) is 29.8 Å². The van der Waals surface area contributed by atoms with E-state index >= 15 is 0 Å². The zero-order chi connectivity index (χ0) is 15.6. The number of carboxylic acids is 1. The number of hydrogen-bond acceptors (Lipinski definition) is 2. The number of carbonyl (C=O) groups excluding carboxylic acids is 1. The Morgan fingerprint density at radius 2 is 1.90 bits per heavy atom. The minimum absolute atomic E-state index is 0.436. The van der Waals surface area contributed by atoms with Gasteiger partial charge < -0.3 is 15.3 Å². The van der Waals surface area contributed by atoms with Crippen molar-refractivity contribution in [1.82, 2.24) is 4.90 Å². The van der Waals surface area contributed by atoms with Gasteiger partial charge in [0.1, 0.15) is 0 Å². The number of amides is 2. The Labute approximate surface area is 120 Å². The lowest BCUT2D eigenvalue weighted by Crippen LogP contribution is -2.34. The number of anilines is 1. The Morgan fingerprint density at radius 3 is 2.33 bits per heavy atom. The Kier molecular flexibility index (Phi) is 4.11. The third kappa shape index (κ3) is 3.29. The molecule has 0 aromatic heterocycles. The number of urea groups is 1. The number of alkyl halides is 2. The monoisotopic (exact) mass is 298 g/mol. The molecule has 7 heteroatoms. The van der Waals surface area contributed by atoms with Crippen LogP contribution in [0.5, 0.6) is 0 Å². The number of nitrogens with zero attached hydrogens (tertiary/aromatic N) is 1. The molecule has 1 fully saturated rings. The molecule has 5 nitrogen and oxygen atoms in total. The maximum atomic E-state index is 12.2. The lowest BCUT2D eigenvalue weighted by atomic mass is 9.96. The normalized spacial score (nSPS) is 15.6. The number of nitrogens with one attached hydrogen (secondary N) is 1. The average molecular weight is 298 g/mol. The molecular formula is C14H16F2N2O3. The second-order valence-corrected chi connectivity index (χ2v) is 5.17. The standard InChI is InChI=1S/C14H16F2N2O3/c1-18(8-11(15)16)13(21)17-10-4-2-9(3-5-10)14(6-7-14)12(19)20/h2-5,11H,6-8H2,1H3,(H,17,21)(H,19,20). The van der Waals surface area contributed by atoms with Gasteiger partial charge in [0.15, 0.2) is 0 Å². The van der Waals surface area contributed by atoms with Crippen molar-refractivity contribution in [1.29, 1.82) is 0 Å². The molecule has 1 saturated carbocycles. The molecule has 0 saturated heterocycles. The summed E-state index contributed by atoms with van der Waals surface area (Å²) in [6.07, 6.45) is -1.38. The van der Waals surface area contributed by atoms with Crippen LogP contribution < -0.4 is 5.32 Å². The number of aliphatic carboxylic acids is 1. The van der Waals surface area contributed by atoms with Gasteiger partial charge in [-0.15, -0.1) is 0 Å². The highest BCUT2D eigenvalue weighted by Gasteiger charge is 2.51. The van der Waals surface area contributed by atoms with Crippen LogP contribution in [0, 0.1) is 0 Å². The van der Waals surface area contributed by atoms with E-state index in [4.69, 9.17) is 0 Å². The summed E-state index contributed by atoms with van der Waals surface area (Å²) in [6, 6.07) is 5.80. The summed E-state index contributed by atoms with van der Waals surface area (Å²) >= 11 is 0. The van der Waals surface area contributed by atoms with Crippen LogP contribution in [0.4, 0.5) is 19.3 Å². The maximum Gasteiger partial charge on any atom is 0.321 e. The molecule has 0 heterocycles. The fraction of sp³-hybridized carbons (Fsp3) is 0.429. The summed E-state index contributed by atoms with van der Waals surface area (Å²) in [4.78, 5) is 23.7. The molecule has 0 spiro atoms. The van der Waals surface area contributed by atoms with Gasteiger partial charge in [-0.05, 0) is 30.5 Å². The lowest BCUT2D eigenvalue weighted by molar-refractivity contribution is -0.140. The molecule has 1 aromatic rings. The summed E-state index contributed by atoms with van der Waals surface area (Å²) < 4.78 is 24.3. The molecule has 21 heavy (non-hydrogen) atoms. The fourth-order valence-corrected chi connectivity index (χ4v) is 2.13. The minimum atomic E-state index is -2.59. The molecule has 0 radical (unpaired) electrons. The Balaban J connectivity index is 2.00. The van der Waals surface area contributed by atoms with Crippen molar-refractivity contribution in [3.63, 3.8) is 0 Å². The maximum absolute atomic E-state index is 12.2. The Hall–Kier alpha value is -2.18. The average Bonchev–Trinajstić information content (AvgIpc) is 3.20. The number of halogens is 2. The number of hydrogen-bond donors (Lipinski definition) is 2. The van der Waals surface area contributed by atoms with Crippen LogP contribution in [0.2, 0.25) is 0 Å². The van der Waals surface area contributed by atoms with E-state index in [0.717, 1.165) is 4.90 Å². The predicted molar refractivity (Wildman–Crippen MR) is 72.6 cm³/mol. The number of carboxylic acid groups (broad SMARTS) is 1. The van der Waals surface area contributed by atoms with Gasteiger partial charge in [0.05, 0.1) is 12.0 Å². The van der Waals surface area contributed by atoms with Gasteiger partial charge >= 0.3 is 12.0 Å². The molecule has 114 valence electrons. The Morgan fingerprint density at radius 1 is 1.33 bits per heavy atom. The van der Waals surface area contributed by atoms with E-state index < -0.39 is 30.4 Å². The molecule has 0 bridgehead atoms. The highest BCUT2D eigenvalue weighted by Crippen LogP contribution is 2.48. The molecule has 0 aliphatic heterocycles. The highest BCUT2D eigenvalue weighted by molar-refractivity contribution is 5.89. The minimum Gasteiger partial charge on any atom is -0.481 e. The van der Waals surface area contributed by atoms with E-state index in [1.807, 2.05) is 0 Å². The van der Waals surface area contributed by atoms with E-state index in [0.29, 0.717) is 24.1 Å². The lowest BCUT2D eigenvalue weighted by Gasteiger charge is -2.17. The van der Waals surface area contributed by atoms with Crippen molar-refractivity contribution >= 4 is 17.7 Å². The van der Waals surface area contributed by atoms with Crippen molar-refractivity contribution < 1.29 is 23.5 Å². The van der Waals surface area contributed by atoms with E-state index in [-0.39, 0.29) is 0 Å². The molecule has 1 aliphatic rings. The van der Waals surface area contributed by atoms with Crippen LogP contribution in [0.1, 0.15) is 18.4 Å². The molecule has 1 aliphatic carbocycles. The molecular weight excluding hydrogens is 282 g/mol. The fourth-order valence-electron chi connectivity index (χ4n) is 2.13. The first kappa shape index (κ1) is 15.2. The van der Waals surface area contributed by atoms with E-state index in [9.17, 15) is 23.5 Å². The van der Waals surface area contributed by atoms with E-state index in [1.165, 1.54) is 7.05 Å². The van der Waals surface area contributed by atoms with Crippen molar-refractivity contribution in [2.24, 2.45) is 0 Å². The van der Waals surface area contributed by atoms with Crippen LogP contribution in [0.3, 0.4) is 0 Å². The topological polar surface area (TPSA) is 69.6 Å². The van der Waals surface area contributed by atoms with Crippen LogP contribution in [-0.2, 0) is 10.2 Å². The van der Waals surface area contributed by atoms with Gasteiger partial charge in [0.25, 0.3) is 6.43 Å². The second kappa shape index (κ2) is 5.67. The van der Waals surface area contributed by atoms with Crippen molar-refractivity contribution in [2.75, 3.05) is 18.9 Å². The van der Waals surface area contributed by atoms with E-state index in [1.54, 1.807) is 24.3 Å². The van der Waals surface area contributed by atoms with Crippen LogP contribution in [0.25, 0.3) is 0 Å². The van der Waals surface area contributed by atoms with Gasteiger partial charge in [0, 0.05) is 12.7 Å². The number of carbonyl (C=O) groups is 2. The summed E-state index contributed by atoms with van der Waals surface area (Å²) in [5.74, 6) is -0.851. The zero-order valence-corrected chi connectivity index (χ0v) is 11.5. The first-order valence-corrected chi connectivity index (χ1v) is 6.49. The molecule has 2 N–H and O–H groups in total. The zero-order valence-electron chi connectivity index (χ0n) is 11.5. The third-order valence-electron chi connectivity index (χ3n) is 3.61. The van der Waals surface area contributed by atoms with Gasteiger partial charge in [-0.1, -0.05) is 12.1 Å². The summed E-state index contributed by atoms with van der Waals surface area (Å²) in [6.45, 7) is -0.647. The molecule has 2 amide bonds. The third-order valence-corrected chi connectivity index (χ3v) is 3.61. The summed E-state index contributed by atoms with van der Waals surface area (Å²) in [7, 11) is 1.28. The van der Waals surface area contributed by atoms with Crippen molar-refractivity contribution in [3.8, 4) is 0 Å². The molecule has 0 unspecified atom stereocenters. The predicted octanol–water partition coefficient (Wildman–Crippen LogP) is 2.53. The van der Waals surface area contributed by atoms with Gasteiger partial charge in [0.2, 0.25) is 0 Å². The van der Waals surface area contributed by atoms with Crippen LogP contribution in [0.15, 0.2) is 24.3 Å². The largest absolute Gasteiger partial charge is 0.481 e. The summed E-state index contributed by atoms with van der Waals surface area (Å²) in [5, 5.41) is 11.7. The quantitative estimate of drug-likeness (QED) is 0.877. The van der Waals surface area contributed by atoms with Crippen molar-refractivity contribution in [2.45, 2.75) is 24.7 Å². The molecule has 0 atom stereocenters. The first-order valence-electron chi connectivity index (χ1n) is 6.49. The molecule has 1 aromatic carbocycles. The first-order chi connectivity index (χ1) is 9.85. The van der Waals surface area contributed by atoms with Crippen LogP contribution in [-0.4, -0.2) is 42.0 Å². The molecule has 2 rings (SSSR count). The number of benzene rings is 1. The SMILES string of the molecule is CN(CC(F)F)C(=O)Nc1ccc(C2(C(=O)O)CC2)cc1. The highest BCUT2D eigenvalue weighted by atomic mass is 19.3.